The van der Waals surface area contributed by atoms with Gasteiger partial charge >= 0.3 is 0 Å². The van der Waals surface area contributed by atoms with Crippen LogP contribution in [-0.4, -0.2) is 15.6 Å². The van der Waals surface area contributed by atoms with Crippen LogP contribution < -0.4 is 0 Å². The maximum atomic E-state index is 12.1. The van der Waals surface area contributed by atoms with Gasteiger partial charge in [0, 0.05) is 24.6 Å². The van der Waals surface area contributed by atoms with Crippen molar-refractivity contribution in [1.29, 1.82) is 0 Å². The van der Waals surface area contributed by atoms with Crippen LogP contribution in [0.2, 0.25) is 0 Å². The Morgan fingerprint density at radius 1 is 1.33 bits per heavy atom. The number of hydrogen-bond donors (Lipinski definition) is 0. The standard InChI is InChI=1S/C12H16N2O/c1-7-3-6-9-10(12(7)15)11(8-4-5-8)13-14(9)2/h7-8H,3-6H2,1-2H3. The van der Waals surface area contributed by atoms with Crippen molar-refractivity contribution < 1.29 is 4.79 Å². The molecule has 0 aliphatic heterocycles. The van der Waals surface area contributed by atoms with Crippen molar-refractivity contribution in [3.8, 4) is 0 Å². The number of fused-ring (bicyclic) bond motifs is 1. The van der Waals surface area contributed by atoms with Crippen LogP contribution in [0.4, 0.5) is 0 Å². The molecule has 3 heteroatoms. The molecule has 3 rings (SSSR count). The maximum Gasteiger partial charge on any atom is 0.169 e. The Balaban J connectivity index is 2.15. The van der Waals surface area contributed by atoms with E-state index in [4.69, 9.17) is 0 Å². The zero-order chi connectivity index (χ0) is 10.6. The number of nitrogens with zero attached hydrogens (tertiary/aromatic N) is 2. The van der Waals surface area contributed by atoms with E-state index in [2.05, 4.69) is 5.10 Å². The van der Waals surface area contributed by atoms with Gasteiger partial charge in [0.2, 0.25) is 0 Å². The number of Topliss-reactive ketones (excluding diaryl/α,β-unsaturated/α-hetero) is 1. The van der Waals surface area contributed by atoms with E-state index in [9.17, 15) is 4.79 Å². The molecule has 2 aliphatic rings. The van der Waals surface area contributed by atoms with Gasteiger partial charge in [-0.2, -0.15) is 5.10 Å². The minimum atomic E-state index is 0.194. The van der Waals surface area contributed by atoms with E-state index in [0.29, 0.717) is 11.7 Å². The van der Waals surface area contributed by atoms with Crippen LogP contribution in [0.25, 0.3) is 0 Å². The normalized spacial score (nSPS) is 25.5. The first-order valence-electron chi connectivity index (χ1n) is 5.78. The summed E-state index contributed by atoms with van der Waals surface area (Å²) in [6, 6.07) is 0. The fraction of sp³-hybridized carbons (Fsp3) is 0.667. The highest BCUT2D eigenvalue weighted by atomic mass is 16.1. The summed E-state index contributed by atoms with van der Waals surface area (Å²) in [4.78, 5) is 12.1. The Labute approximate surface area is 89.5 Å². The first-order valence-corrected chi connectivity index (χ1v) is 5.78. The summed E-state index contributed by atoms with van der Waals surface area (Å²) in [5.74, 6) is 1.10. The van der Waals surface area contributed by atoms with Gasteiger partial charge in [0.1, 0.15) is 0 Å². The Bertz CT molecular complexity index is 429. The van der Waals surface area contributed by atoms with Crippen LogP contribution in [0.15, 0.2) is 0 Å². The molecule has 1 heterocycles. The third-order valence-electron chi connectivity index (χ3n) is 3.67. The predicted octanol–water partition coefficient (Wildman–Crippen LogP) is 2.06. The minimum Gasteiger partial charge on any atom is -0.294 e. The molecule has 2 aliphatic carbocycles. The Morgan fingerprint density at radius 3 is 2.73 bits per heavy atom. The Hall–Kier alpha value is -1.12. The molecule has 0 N–H and O–H groups in total. The number of ketones is 1. The molecule has 3 nitrogen and oxygen atoms in total. The Kier molecular flexibility index (Phi) is 1.79. The van der Waals surface area contributed by atoms with Crippen molar-refractivity contribution in [2.24, 2.45) is 13.0 Å². The van der Waals surface area contributed by atoms with Crippen LogP contribution >= 0.6 is 0 Å². The summed E-state index contributed by atoms with van der Waals surface area (Å²) in [7, 11) is 1.97. The van der Waals surface area contributed by atoms with Gasteiger partial charge in [-0.15, -0.1) is 0 Å². The van der Waals surface area contributed by atoms with Crippen LogP contribution in [0.1, 0.15) is 53.8 Å². The average Bonchev–Trinajstić information content (AvgIpc) is 2.98. The quantitative estimate of drug-likeness (QED) is 0.701. The lowest BCUT2D eigenvalue weighted by Crippen LogP contribution is -2.21. The zero-order valence-corrected chi connectivity index (χ0v) is 9.29. The average molecular weight is 204 g/mol. The van der Waals surface area contributed by atoms with Gasteiger partial charge < -0.3 is 0 Å². The van der Waals surface area contributed by atoms with Gasteiger partial charge in [0.25, 0.3) is 0 Å². The second-order valence-corrected chi connectivity index (χ2v) is 4.91. The van der Waals surface area contributed by atoms with E-state index < -0.39 is 0 Å². The largest absolute Gasteiger partial charge is 0.294 e. The molecular formula is C12H16N2O. The number of hydrogen-bond acceptors (Lipinski definition) is 2. The number of rotatable bonds is 1. The third-order valence-corrected chi connectivity index (χ3v) is 3.67. The van der Waals surface area contributed by atoms with E-state index >= 15 is 0 Å². The van der Waals surface area contributed by atoms with Gasteiger partial charge in [0.05, 0.1) is 11.3 Å². The van der Waals surface area contributed by atoms with Crippen molar-refractivity contribution in [3.63, 3.8) is 0 Å². The fourth-order valence-corrected chi connectivity index (χ4v) is 2.51. The van der Waals surface area contributed by atoms with Crippen LogP contribution in [0, 0.1) is 5.92 Å². The summed E-state index contributed by atoms with van der Waals surface area (Å²) in [5, 5.41) is 4.53. The van der Waals surface area contributed by atoms with Crippen molar-refractivity contribution in [1.82, 2.24) is 9.78 Å². The van der Waals surface area contributed by atoms with E-state index in [0.717, 1.165) is 24.1 Å². The highest BCUT2D eigenvalue weighted by Gasteiger charge is 2.36. The number of aryl methyl sites for hydroxylation is 1. The number of carbonyl (C=O) groups excluding carboxylic acids is 1. The molecule has 0 bridgehead atoms. The topological polar surface area (TPSA) is 34.9 Å². The third kappa shape index (κ3) is 1.25. The first-order chi connectivity index (χ1) is 7.18. The van der Waals surface area contributed by atoms with Crippen LogP contribution in [-0.2, 0) is 13.5 Å². The molecule has 1 atom stereocenters. The molecule has 15 heavy (non-hydrogen) atoms. The molecule has 0 amide bonds. The second kappa shape index (κ2) is 2.94. The minimum absolute atomic E-state index is 0.194. The van der Waals surface area contributed by atoms with E-state index in [1.165, 1.54) is 18.5 Å². The van der Waals surface area contributed by atoms with Crippen molar-refractivity contribution in [3.05, 3.63) is 17.0 Å². The lowest BCUT2D eigenvalue weighted by atomic mass is 9.85. The molecular weight excluding hydrogens is 188 g/mol. The van der Waals surface area contributed by atoms with Gasteiger partial charge in [-0.25, -0.2) is 0 Å². The van der Waals surface area contributed by atoms with Crippen molar-refractivity contribution in [2.75, 3.05) is 0 Å². The highest BCUT2D eigenvalue weighted by Crippen LogP contribution is 2.43. The van der Waals surface area contributed by atoms with Crippen LogP contribution in [0.3, 0.4) is 0 Å². The van der Waals surface area contributed by atoms with Crippen molar-refractivity contribution >= 4 is 5.78 Å². The van der Waals surface area contributed by atoms with E-state index in [1.807, 2.05) is 18.7 Å². The molecule has 1 aromatic heterocycles. The lowest BCUT2D eigenvalue weighted by Gasteiger charge is -2.17. The second-order valence-electron chi connectivity index (χ2n) is 4.91. The molecule has 1 aromatic rings. The van der Waals surface area contributed by atoms with Gasteiger partial charge in [0.15, 0.2) is 5.78 Å². The molecule has 0 aromatic carbocycles. The molecule has 0 radical (unpaired) electrons. The van der Waals surface area contributed by atoms with Gasteiger partial charge in [-0.1, -0.05) is 6.92 Å². The lowest BCUT2D eigenvalue weighted by molar-refractivity contribution is 0.0912. The molecule has 80 valence electrons. The monoisotopic (exact) mass is 204 g/mol. The summed E-state index contributed by atoms with van der Waals surface area (Å²) in [6.45, 7) is 2.04. The van der Waals surface area contributed by atoms with Crippen LogP contribution in [0.5, 0.6) is 0 Å². The maximum absolute atomic E-state index is 12.1. The molecule has 0 spiro atoms. The summed E-state index contributed by atoms with van der Waals surface area (Å²) in [6.07, 6.45) is 4.42. The zero-order valence-electron chi connectivity index (χ0n) is 9.29. The summed E-state index contributed by atoms with van der Waals surface area (Å²) >= 11 is 0. The predicted molar refractivity (Wildman–Crippen MR) is 57.0 cm³/mol. The van der Waals surface area contributed by atoms with Gasteiger partial charge in [-0.05, 0) is 25.7 Å². The van der Waals surface area contributed by atoms with Crippen molar-refractivity contribution in [2.45, 2.75) is 38.5 Å². The van der Waals surface area contributed by atoms with E-state index in [1.54, 1.807) is 0 Å². The molecule has 1 fully saturated rings. The molecule has 1 unspecified atom stereocenters. The summed E-state index contributed by atoms with van der Waals surface area (Å²) < 4.78 is 1.92. The smallest absolute Gasteiger partial charge is 0.169 e. The number of aromatic nitrogens is 2. The van der Waals surface area contributed by atoms with Gasteiger partial charge in [-0.3, -0.25) is 9.48 Å². The van der Waals surface area contributed by atoms with E-state index in [-0.39, 0.29) is 5.92 Å². The fourth-order valence-electron chi connectivity index (χ4n) is 2.51. The molecule has 1 saturated carbocycles. The number of carbonyl (C=O) groups is 1. The Morgan fingerprint density at radius 2 is 2.07 bits per heavy atom. The molecule has 0 saturated heterocycles. The summed E-state index contributed by atoms with van der Waals surface area (Å²) in [5.41, 5.74) is 3.22. The first kappa shape index (κ1) is 9.13. The SMILES string of the molecule is CC1CCc2c(c(C3CC3)nn2C)C1=O. The highest BCUT2D eigenvalue weighted by molar-refractivity contribution is 6.01.